The zero-order valence-corrected chi connectivity index (χ0v) is 10.9. The molecule has 1 atom stereocenters. The fourth-order valence-electron chi connectivity index (χ4n) is 1.24. The van der Waals surface area contributed by atoms with Crippen LogP contribution in [0.1, 0.15) is 31.5 Å². The Hall–Kier alpha value is -0.0800. The third-order valence-corrected chi connectivity index (χ3v) is 4.50. The molecule has 0 radical (unpaired) electrons. The highest BCUT2D eigenvalue weighted by atomic mass is 35.5. The molecule has 0 spiro atoms. The smallest absolute Gasteiger partial charge is 0.0934 e. The summed E-state index contributed by atoms with van der Waals surface area (Å²) in [6.45, 7) is 8.72. The van der Waals surface area contributed by atoms with Crippen LogP contribution >= 0.6 is 22.9 Å². The quantitative estimate of drug-likeness (QED) is 0.717. The van der Waals surface area contributed by atoms with E-state index in [1.54, 1.807) is 11.3 Å². The predicted octanol–water partition coefficient (Wildman–Crippen LogP) is 3.90. The third-order valence-electron chi connectivity index (χ3n) is 2.92. The van der Waals surface area contributed by atoms with Crippen molar-refractivity contribution >= 4 is 22.9 Å². The molecule has 14 heavy (non-hydrogen) atoms. The van der Waals surface area contributed by atoms with Gasteiger partial charge in [-0.2, -0.15) is 0 Å². The minimum absolute atomic E-state index is 0.172. The van der Waals surface area contributed by atoms with Crippen LogP contribution in [0.15, 0.2) is 5.38 Å². The van der Waals surface area contributed by atoms with Crippen LogP contribution in [0, 0.1) is 18.3 Å². The first-order valence-electron chi connectivity index (χ1n) is 4.95. The van der Waals surface area contributed by atoms with Crippen LogP contribution < -0.4 is 0 Å². The SMILES string of the molecule is Cc1csc(CC(C)(CCl)C(C)C)n1. The largest absolute Gasteiger partial charge is 0.247 e. The van der Waals surface area contributed by atoms with Crippen molar-refractivity contribution in [1.29, 1.82) is 0 Å². The van der Waals surface area contributed by atoms with E-state index in [-0.39, 0.29) is 5.41 Å². The average molecular weight is 232 g/mol. The highest BCUT2D eigenvalue weighted by Crippen LogP contribution is 2.33. The van der Waals surface area contributed by atoms with E-state index in [1.165, 1.54) is 5.01 Å². The second kappa shape index (κ2) is 4.63. The Labute approximate surface area is 95.5 Å². The minimum Gasteiger partial charge on any atom is -0.247 e. The fourth-order valence-corrected chi connectivity index (χ4v) is 2.61. The Morgan fingerprint density at radius 2 is 2.21 bits per heavy atom. The average Bonchev–Trinajstić information content (AvgIpc) is 2.50. The topological polar surface area (TPSA) is 12.9 Å². The molecule has 80 valence electrons. The lowest BCUT2D eigenvalue weighted by Gasteiger charge is -2.30. The molecule has 0 saturated heterocycles. The van der Waals surface area contributed by atoms with Gasteiger partial charge in [-0.1, -0.05) is 20.8 Å². The highest BCUT2D eigenvalue weighted by molar-refractivity contribution is 7.09. The second-order valence-corrected chi connectivity index (χ2v) is 5.71. The van der Waals surface area contributed by atoms with Crippen molar-refractivity contribution in [2.75, 3.05) is 5.88 Å². The van der Waals surface area contributed by atoms with E-state index in [9.17, 15) is 0 Å². The number of hydrogen-bond acceptors (Lipinski definition) is 2. The van der Waals surface area contributed by atoms with Crippen LogP contribution in [0.5, 0.6) is 0 Å². The van der Waals surface area contributed by atoms with E-state index in [1.807, 2.05) is 6.92 Å². The van der Waals surface area contributed by atoms with Gasteiger partial charge in [0.25, 0.3) is 0 Å². The molecule has 0 amide bonds. The van der Waals surface area contributed by atoms with Crippen molar-refractivity contribution < 1.29 is 0 Å². The van der Waals surface area contributed by atoms with Crippen molar-refractivity contribution in [2.45, 2.75) is 34.1 Å². The summed E-state index contributed by atoms with van der Waals surface area (Å²) in [6.07, 6.45) is 0.993. The number of aryl methyl sites for hydroxylation is 1. The zero-order valence-electron chi connectivity index (χ0n) is 9.30. The molecule has 1 heterocycles. The number of aromatic nitrogens is 1. The summed E-state index contributed by atoms with van der Waals surface area (Å²) in [4.78, 5) is 4.49. The number of thiazole rings is 1. The number of halogens is 1. The highest BCUT2D eigenvalue weighted by Gasteiger charge is 2.28. The van der Waals surface area contributed by atoms with Gasteiger partial charge in [0.2, 0.25) is 0 Å². The molecule has 0 bridgehead atoms. The summed E-state index contributed by atoms with van der Waals surface area (Å²) in [5.41, 5.74) is 1.29. The first-order chi connectivity index (χ1) is 6.48. The van der Waals surface area contributed by atoms with Crippen LogP contribution in [0.2, 0.25) is 0 Å². The van der Waals surface area contributed by atoms with Crippen molar-refractivity contribution in [2.24, 2.45) is 11.3 Å². The third kappa shape index (κ3) is 2.71. The first kappa shape index (κ1) is 12.0. The molecule has 1 rings (SSSR count). The molecular formula is C11H18ClNS. The number of alkyl halides is 1. The van der Waals surface area contributed by atoms with Crippen molar-refractivity contribution in [3.05, 3.63) is 16.1 Å². The van der Waals surface area contributed by atoms with E-state index < -0.39 is 0 Å². The van der Waals surface area contributed by atoms with Gasteiger partial charge in [0.05, 0.1) is 5.01 Å². The molecular weight excluding hydrogens is 214 g/mol. The molecule has 0 aromatic carbocycles. The molecule has 1 nitrogen and oxygen atoms in total. The van der Waals surface area contributed by atoms with E-state index in [0.29, 0.717) is 11.8 Å². The Balaban J connectivity index is 2.75. The van der Waals surface area contributed by atoms with E-state index in [4.69, 9.17) is 11.6 Å². The monoisotopic (exact) mass is 231 g/mol. The van der Waals surface area contributed by atoms with Gasteiger partial charge in [-0.05, 0) is 18.3 Å². The molecule has 0 saturated carbocycles. The molecule has 1 aromatic rings. The second-order valence-electron chi connectivity index (χ2n) is 4.50. The molecule has 0 aliphatic carbocycles. The van der Waals surface area contributed by atoms with Crippen LogP contribution in [-0.2, 0) is 6.42 Å². The maximum absolute atomic E-state index is 6.04. The Morgan fingerprint density at radius 1 is 1.57 bits per heavy atom. The van der Waals surface area contributed by atoms with E-state index in [0.717, 1.165) is 12.1 Å². The normalized spacial score (nSPS) is 15.9. The van der Waals surface area contributed by atoms with Crippen molar-refractivity contribution in [1.82, 2.24) is 4.98 Å². The van der Waals surface area contributed by atoms with Crippen molar-refractivity contribution in [3.8, 4) is 0 Å². The first-order valence-corrected chi connectivity index (χ1v) is 6.36. The Bertz CT molecular complexity index is 295. The maximum Gasteiger partial charge on any atom is 0.0934 e. The molecule has 0 N–H and O–H groups in total. The molecule has 0 aliphatic heterocycles. The lowest BCUT2D eigenvalue weighted by Crippen LogP contribution is -2.28. The summed E-state index contributed by atoms with van der Waals surface area (Å²) in [7, 11) is 0. The zero-order chi connectivity index (χ0) is 10.8. The van der Waals surface area contributed by atoms with Gasteiger partial charge in [-0.15, -0.1) is 22.9 Å². The molecule has 3 heteroatoms. The van der Waals surface area contributed by atoms with Crippen LogP contribution in [0.3, 0.4) is 0 Å². The molecule has 1 aromatic heterocycles. The lowest BCUT2D eigenvalue weighted by atomic mass is 9.78. The van der Waals surface area contributed by atoms with Gasteiger partial charge >= 0.3 is 0 Å². The van der Waals surface area contributed by atoms with Crippen LogP contribution in [0.25, 0.3) is 0 Å². The summed E-state index contributed by atoms with van der Waals surface area (Å²) in [6, 6.07) is 0. The minimum atomic E-state index is 0.172. The summed E-state index contributed by atoms with van der Waals surface area (Å²) in [5.74, 6) is 1.28. The van der Waals surface area contributed by atoms with Crippen molar-refractivity contribution in [3.63, 3.8) is 0 Å². The molecule has 0 fully saturated rings. The van der Waals surface area contributed by atoms with Gasteiger partial charge in [-0.25, -0.2) is 4.98 Å². The Morgan fingerprint density at radius 3 is 2.57 bits per heavy atom. The summed E-state index contributed by atoms with van der Waals surface area (Å²) < 4.78 is 0. The van der Waals surface area contributed by atoms with E-state index >= 15 is 0 Å². The Kier molecular flexibility index (Phi) is 3.96. The number of hydrogen-bond donors (Lipinski definition) is 0. The maximum atomic E-state index is 6.04. The van der Waals surface area contributed by atoms with E-state index in [2.05, 4.69) is 31.1 Å². The van der Waals surface area contributed by atoms with Gasteiger partial charge in [0, 0.05) is 23.4 Å². The van der Waals surface area contributed by atoms with Gasteiger partial charge < -0.3 is 0 Å². The fraction of sp³-hybridized carbons (Fsp3) is 0.727. The lowest BCUT2D eigenvalue weighted by molar-refractivity contribution is 0.253. The van der Waals surface area contributed by atoms with Gasteiger partial charge in [0.15, 0.2) is 0 Å². The standard InChI is InChI=1S/C11H18ClNS/c1-8(2)11(4,7-12)5-10-13-9(3)6-14-10/h6,8H,5,7H2,1-4H3. The van der Waals surface area contributed by atoms with Gasteiger partial charge in [0.1, 0.15) is 0 Å². The molecule has 0 aliphatic rings. The van der Waals surface area contributed by atoms with Crippen LogP contribution in [0.4, 0.5) is 0 Å². The number of nitrogens with zero attached hydrogens (tertiary/aromatic N) is 1. The van der Waals surface area contributed by atoms with Gasteiger partial charge in [-0.3, -0.25) is 0 Å². The summed E-state index contributed by atoms with van der Waals surface area (Å²) in [5, 5.41) is 3.31. The van der Waals surface area contributed by atoms with Crippen LogP contribution in [-0.4, -0.2) is 10.9 Å². The molecule has 1 unspecified atom stereocenters. The summed E-state index contributed by atoms with van der Waals surface area (Å²) >= 11 is 7.78. The predicted molar refractivity (Wildman–Crippen MR) is 64.2 cm³/mol. The number of rotatable bonds is 4.